The molecule has 18 heavy (non-hydrogen) atoms. The maximum absolute atomic E-state index is 9.07. The van der Waals surface area contributed by atoms with Crippen molar-refractivity contribution in [3.05, 3.63) is 34.3 Å². The quantitative estimate of drug-likeness (QED) is 0.778. The average molecular weight is 263 g/mol. The molecule has 0 amide bonds. The second-order valence-electron chi connectivity index (χ2n) is 5.04. The highest BCUT2D eigenvalue weighted by molar-refractivity contribution is 6.30. The van der Waals surface area contributed by atoms with Crippen LogP contribution in [0.25, 0.3) is 0 Å². The first kappa shape index (κ1) is 11.9. The fraction of sp³-hybridized carbons (Fsp3) is 0.462. The van der Waals surface area contributed by atoms with Crippen molar-refractivity contribution in [1.82, 2.24) is 16.4 Å². The van der Waals surface area contributed by atoms with Gasteiger partial charge in [-0.3, -0.25) is 0 Å². The van der Waals surface area contributed by atoms with E-state index in [1.165, 1.54) is 18.4 Å². The molecule has 0 radical (unpaired) electrons. The summed E-state index contributed by atoms with van der Waals surface area (Å²) in [6.45, 7) is 0. The zero-order chi connectivity index (χ0) is 12.5. The van der Waals surface area contributed by atoms with Crippen LogP contribution in [0.1, 0.15) is 30.0 Å². The van der Waals surface area contributed by atoms with Crippen molar-refractivity contribution in [1.29, 1.82) is 5.26 Å². The summed E-state index contributed by atoms with van der Waals surface area (Å²) in [7, 11) is 0. The standard InChI is InChI=1S/C13H15ClN4/c14-11-5-9(3-8-1-2-8)4-10(6-11)13-12(7-15)16-18-17-13/h4-6,8,12-13,16-18H,1-3H2. The maximum atomic E-state index is 9.07. The Hall–Kier alpha value is -1.12. The number of rotatable bonds is 3. The van der Waals surface area contributed by atoms with Crippen molar-refractivity contribution < 1.29 is 0 Å². The van der Waals surface area contributed by atoms with Gasteiger partial charge in [0.05, 0.1) is 12.1 Å². The first-order valence-corrected chi connectivity index (χ1v) is 6.59. The largest absolute Gasteiger partial charge is 0.234 e. The number of nitrogens with zero attached hydrogens (tertiary/aromatic N) is 1. The van der Waals surface area contributed by atoms with Crippen molar-refractivity contribution >= 4 is 11.6 Å². The lowest BCUT2D eigenvalue weighted by molar-refractivity contribution is 0.555. The molecule has 94 valence electrons. The summed E-state index contributed by atoms with van der Waals surface area (Å²) >= 11 is 6.17. The fourth-order valence-electron chi connectivity index (χ4n) is 2.37. The molecule has 1 aromatic carbocycles. The molecule has 1 saturated carbocycles. The molecule has 1 heterocycles. The van der Waals surface area contributed by atoms with Gasteiger partial charge in [-0.05, 0) is 48.4 Å². The molecule has 1 aliphatic carbocycles. The Morgan fingerprint density at radius 2 is 2.11 bits per heavy atom. The van der Waals surface area contributed by atoms with Crippen molar-refractivity contribution in [2.45, 2.75) is 31.3 Å². The minimum atomic E-state index is -0.280. The Labute approximate surface area is 111 Å². The zero-order valence-corrected chi connectivity index (χ0v) is 10.7. The third kappa shape index (κ3) is 2.50. The highest BCUT2D eigenvalue weighted by atomic mass is 35.5. The van der Waals surface area contributed by atoms with Gasteiger partial charge in [0.1, 0.15) is 6.04 Å². The third-order valence-electron chi connectivity index (χ3n) is 3.49. The summed E-state index contributed by atoms with van der Waals surface area (Å²) in [4.78, 5) is 0. The first-order chi connectivity index (χ1) is 8.76. The van der Waals surface area contributed by atoms with Gasteiger partial charge in [0.2, 0.25) is 0 Å². The van der Waals surface area contributed by atoms with Crippen LogP contribution in [0.4, 0.5) is 0 Å². The van der Waals surface area contributed by atoms with Gasteiger partial charge in [0.25, 0.3) is 0 Å². The summed E-state index contributed by atoms with van der Waals surface area (Å²) in [6, 6.07) is 7.99. The molecule has 0 bridgehead atoms. The number of nitriles is 1. The summed E-state index contributed by atoms with van der Waals surface area (Å²) in [5.41, 5.74) is 11.1. The van der Waals surface area contributed by atoms with E-state index in [1.807, 2.05) is 12.1 Å². The molecule has 3 N–H and O–H groups in total. The van der Waals surface area contributed by atoms with Crippen LogP contribution in [0.5, 0.6) is 0 Å². The number of halogens is 1. The van der Waals surface area contributed by atoms with Gasteiger partial charge in [-0.2, -0.15) is 10.8 Å². The Balaban J connectivity index is 1.86. The van der Waals surface area contributed by atoms with E-state index in [9.17, 15) is 0 Å². The monoisotopic (exact) mass is 262 g/mol. The first-order valence-electron chi connectivity index (χ1n) is 6.21. The molecular weight excluding hydrogens is 248 g/mol. The van der Waals surface area contributed by atoms with E-state index in [-0.39, 0.29) is 12.1 Å². The van der Waals surface area contributed by atoms with Crippen LogP contribution in [-0.4, -0.2) is 6.04 Å². The van der Waals surface area contributed by atoms with Gasteiger partial charge in [-0.15, -0.1) is 0 Å². The molecule has 2 aliphatic rings. The normalized spacial score (nSPS) is 27.1. The minimum Gasteiger partial charge on any atom is -0.234 e. The lowest BCUT2D eigenvalue weighted by Crippen LogP contribution is -2.32. The summed E-state index contributed by atoms with van der Waals surface area (Å²) < 4.78 is 0. The van der Waals surface area contributed by atoms with Gasteiger partial charge >= 0.3 is 0 Å². The average Bonchev–Trinajstić information content (AvgIpc) is 3.03. The van der Waals surface area contributed by atoms with E-state index in [0.717, 1.165) is 22.9 Å². The van der Waals surface area contributed by atoms with Crippen LogP contribution in [0.15, 0.2) is 18.2 Å². The Morgan fingerprint density at radius 1 is 1.28 bits per heavy atom. The number of hydrogen-bond donors (Lipinski definition) is 3. The molecule has 4 nitrogen and oxygen atoms in total. The van der Waals surface area contributed by atoms with E-state index in [0.29, 0.717) is 0 Å². The molecule has 2 atom stereocenters. The molecule has 3 rings (SSSR count). The van der Waals surface area contributed by atoms with Crippen LogP contribution in [-0.2, 0) is 6.42 Å². The SMILES string of the molecule is N#CC1NNNC1c1cc(Cl)cc(CC2CC2)c1. The van der Waals surface area contributed by atoms with E-state index in [2.05, 4.69) is 28.5 Å². The molecular formula is C13H15ClN4. The number of hydrogen-bond acceptors (Lipinski definition) is 4. The van der Waals surface area contributed by atoms with E-state index in [1.54, 1.807) is 0 Å². The highest BCUT2D eigenvalue weighted by Gasteiger charge is 2.29. The van der Waals surface area contributed by atoms with Crippen LogP contribution in [0.3, 0.4) is 0 Å². The van der Waals surface area contributed by atoms with Gasteiger partial charge in [-0.25, -0.2) is 10.9 Å². The van der Waals surface area contributed by atoms with Crippen molar-refractivity contribution in [2.75, 3.05) is 0 Å². The Morgan fingerprint density at radius 3 is 2.83 bits per heavy atom. The van der Waals surface area contributed by atoms with E-state index >= 15 is 0 Å². The lowest BCUT2D eigenvalue weighted by atomic mass is 9.98. The number of benzene rings is 1. The second-order valence-corrected chi connectivity index (χ2v) is 5.47. The molecule has 5 heteroatoms. The lowest BCUT2D eigenvalue weighted by Gasteiger charge is -2.14. The molecule has 0 spiro atoms. The van der Waals surface area contributed by atoms with Crippen molar-refractivity contribution in [2.24, 2.45) is 5.92 Å². The predicted molar refractivity (Wildman–Crippen MR) is 69.4 cm³/mol. The Kier molecular flexibility index (Phi) is 3.23. The van der Waals surface area contributed by atoms with Crippen LogP contribution in [0, 0.1) is 17.2 Å². The zero-order valence-electron chi connectivity index (χ0n) is 9.91. The molecule has 0 aromatic heterocycles. The molecule has 2 unspecified atom stereocenters. The van der Waals surface area contributed by atoms with Gasteiger partial charge in [0.15, 0.2) is 0 Å². The molecule has 1 aromatic rings. The summed E-state index contributed by atoms with van der Waals surface area (Å²) in [5, 5.41) is 9.81. The van der Waals surface area contributed by atoms with Crippen molar-refractivity contribution in [3.8, 4) is 6.07 Å². The van der Waals surface area contributed by atoms with Gasteiger partial charge in [0, 0.05) is 5.02 Å². The molecule has 1 saturated heterocycles. The van der Waals surface area contributed by atoms with Crippen molar-refractivity contribution in [3.63, 3.8) is 0 Å². The molecule has 1 aliphatic heterocycles. The van der Waals surface area contributed by atoms with Crippen LogP contribution < -0.4 is 16.4 Å². The second kappa shape index (κ2) is 4.87. The van der Waals surface area contributed by atoms with Gasteiger partial charge in [-0.1, -0.05) is 17.7 Å². The van der Waals surface area contributed by atoms with E-state index < -0.39 is 0 Å². The summed E-state index contributed by atoms with van der Waals surface area (Å²) in [6.07, 6.45) is 3.75. The third-order valence-corrected chi connectivity index (χ3v) is 3.71. The van der Waals surface area contributed by atoms with Gasteiger partial charge < -0.3 is 0 Å². The minimum absolute atomic E-state index is 0.0633. The Bertz CT molecular complexity index is 492. The van der Waals surface area contributed by atoms with Crippen LogP contribution >= 0.6 is 11.6 Å². The smallest absolute Gasteiger partial charge is 0.130 e. The topological polar surface area (TPSA) is 59.9 Å². The maximum Gasteiger partial charge on any atom is 0.130 e. The number of hydrazine groups is 2. The fourth-order valence-corrected chi connectivity index (χ4v) is 2.64. The van der Waals surface area contributed by atoms with Crippen LogP contribution in [0.2, 0.25) is 5.02 Å². The summed E-state index contributed by atoms with van der Waals surface area (Å²) in [5.74, 6) is 0.830. The highest BCUT2D eigenvalue weighted by Crippen LogP contribution is 2.34. The van der Waals surface area contributed by atoms with E-state index in [4.69, 9.17) is 16.9 Å². The molecule has 2 fully saturated rings. The predicted octanol–water partition coefficient (Wildman–Crippen LogP) is 1.84. The number of nitrogens with one attached hydrogen (secondary N) is 3.